The predicted octanol–water partition coefficient (Wildman–Crippen LogP) is 2.64. The Kier molecular flexibility index (Phi) is 5.76. The van der Waals surface area contributed by atoms with Crippen molar-refractivity contribution in [1.29, 1.82) is 0 Å². The van der Waals surface area contributed by atoms with Crippen LogP contribution in [0.2, 0.25) is 5.15 Å². The summed E-state index contributed by atoms with van der Waals surface area (Å²) in [6.45, 7) is 5.90. The van der Waals surface area contributed by atoms with Gasteiger partial charge in [0.15, 0.2) is 0 Å². The average molecular weight is 299 g/mol. The summed E-state index contributed by atoms with van der Waals surface area (Å²) in [5.74, 6) is 0.311. The molecule has 6 nitrogen and oxygen atoms in total. The quantitative estimate of drug-likeness (QED) is 0.834. The summed E-state index contributed by atoms with van der Waals surface area (Å²) in [4.78, 5) is 19.3. The van der Waals surface area contributed by atoms with Crippen molar-refractivity contribution in [2.75, 3.05) is 12.3 Å². The topological polar surface area (TPSA) is 90.1 Å². The summed E-state index contributed by atoms with van der Waals surface area (Å²) >= 11 is 5.72. The lowest BCUT2D eigenvalue weighted by atomic mass is 10.2. The molecule has 7 heteroatoms. The van der Waals surface area contributed by atoms with Crippen LogP contribution in [0.3, 0.4) is 0 Å². The first kappa shape index (κ1) is 16.2. The first-order valence-electron chi connectivity index (χ1n) is 6.19. The van der Waals surface area contributed by atoms with Crippen molar-refractivity contribution in [3.8, 4) is 0 Å². The lowest BCUT2D eigenvalue weighted by Gasteiger charge is -2.19. The van der Waals surface area contributed by atoms with Gasteiger partial charge in [0.1, 0.15) is 22.3 Å². The standard InChI is InChI=1S/C13H19ClN4O2/c1-13(2,3)20-12(19)16-7-5-4-6-9-11(15)17-8-10(14)18-9/h4,6,8H,5,7H2,1-3H3,(H2,15,17)(H,16,19). The highest BCUT2D eigenvalue weighted by atomic mass is 35.5. The number of rotatable bonds is 4. The van der Waals surface area contributed by atoms with Crippen molar-refractivity contribution < 1.29 is 9.53 Å². The third-order valence-corrected chi connectivity index (χ3v) is 2.24. The Labute approximate surface area is 123 Å². The zero-order valence-corrected chi connectivity index (χ0v) is 12.6. The van der Waals surface area contributed by atoms with Crippen LogP contribution in [-0.2, 0) is 4.74 Å². The van der Waals surface area contributed by atoms with Gasteiger partial charge < -0.3 is 15.8 Å². The molecule has 20 heavy (non-hydrogen) atoms. The van der Waals surface area contributed by atoms with Crippen LogP contribution in [-0.4, -0.2) is 28.2 Å². The molecule has 0 aliphatic heterocycles. The van der Waals surface area contributed by atoms with Crippen LogP contribution >= 0.6 is 11.6 Å². The number of hydrogen-bond acceptors (Lipinski definition) is 5. The van der Waals surface area contributed by atoms with Gasteiger partial charge in [-0.3, -0.25) is 0 Å². The lowest BCUT2D eigenvalue weighted by Crippen LogP contribution is -2.32. The van der Waals surface area contributed by atoms with Gasteiger partial charge in [-0.2, -0.15) is 0 Å². The highest BCUT2D eigenvalue weighted by Gasteiger charge is 2.15. The molecule has 0 aliphatic rings. The first-order valence-corrected chi connectivity index (χ1v) is 6.57. The van der Waals surface area contributed by atoms with E-state index in [2.05, 4.69) is 15.3 Å². The van der Waals surface area contributed by atoms with Crippen LogP contribution in [0.4, 0.5) is 10.6 Å². The molecule has 1 aromatic heterocycles. The molecule has 0 saturated heterocycles. The van der Waals surface area contributed by atoms with Crippen molar-refractivity contribution >= 4 is 29.6 Å². The zero-order valence-electron chi connectivity index (χ0n) is 11.8. The van der Waals surface area contributed by atoms with Crippen LogP contribution in [0.1, 0.15) is 32.9 Å². The van der Waals surface area contributed by atoms with Crippen molar-refractivity contribution in [2.45, 2.75) is 32.8 Å². The Balaban J connectivity index is 2.36. The number of nitrogens with two attached hydrogens (primary N) is 1. The molecule has 0 bridgehead atoms. The van der Waals surface area contributed by atoms with Crippen molar-refractivity contribution in [2.24, 2.45) is 0 Å². The van der Waals surface area contributed by atoms with E-state index in [1.54, 1.807) is 6.08 Å². The maximum atomic E-state index is 11.4. The number of nitrogen functional groups attached to an aromatic ring is 1. The average Bonchev–Trinajstić information content (AvgIpc) is 2.30. The minimum Gasteiger partial charge on any atom is -0.444 e. The summed E-state index contributed by atoms with van der Waals surface area (Å²) < 4.78 is 5.10. The molecule has 0 unspecified atom stereocenters. The maximum Gasteiger partial charge on any atom is 0.407 e. The van der Waals surface area contributed by atoms with Crippen LogP contribution in [0.25, 0.3) is 6.08 Å². The van der Waals surface area contributed by atoms with E-state index in [1.807, 2.05) is 26.8 Å². The fourth-order valence-electron chi connectivity index (χ4n) is 1.28. The highest BCUT2D eigenvalue weighted by Crippen LogP contribution is 2.11. The summed E-state index contributed by atoms with van der Waals surface area (Å²) in [7, 11) is 0. The number of ether oxygens (including phenoxy) is 1. The van der Waals surface area contributed by atoms with Gasteiger partial charge in [0, 0.05) is 6.54 Å². The van der Waals surface area contributed by atoms with Gasteiger partial charge in [-0.25, -0.2) is 14.8 Å². The molecule has 1 aromatic rings. The van der Waals surface area contributed by atoms with E-state index < -0.39 is 11.7 Å². The van der Waals surface area contributed by atoms with Gasteiger partial charge in [-0.1, -0.05) is 17.7 Å². The fraction of sp³-hybridized carbons (Fsp3) is 0.462. The first-order chi connectivity index (χ1) is 9.28. The van der Waals surface area contributed by atoms with Gasteiger partial charge in [-0.15, -0.1) is 0 Å². The monoisotopic (exact) mass is 298 g/mol. The van der Waals surface area contributed by atoms with Crippen molar-refractivity contribution in [3.63, 3.8) is 0 Å². The smallest absolute Gasteiger partial charge is 0.407 e. The molecule has 0 radical (unpaired) electrons. The number of hydrogen-bond donors (Lipinski definition) is 2. The van der Waals surface area contributed by atoms with Gasteiger partial charge in [0.2, 0.25) is 0 Å². The van der Waals surface area contributed by atoms with E-state index in [9.17, 15) is 4.79 Å². The molecule has 0 aliphatic carbocycles. The molecule has 1 amide bonds. The molecule has 110 valence electrons. The number of carbonyl (C=O) groups is 1. The molecule has 0 saturated carbocycles. The number of nitrogens with zero attached hydrogens (tertiary/aromatic N) is 2. The summed E-state index contributed by atoms with van der Waals surface area (Å²) in [5, 5.41) is 2.93. The number of aromatic nitrogens is 2. The molecule has 3 N–H and O–H groups in total. The minimum absolute atomic E-state index is 0.283. The summed E-state index contributed by atoms with van der Waals surface area (Å²) in [6, 6.07) is 0. The van der Waals surface area contributed by atoms with Gasteiger partial charge in [-0.05, 0) is 33.3 Å². The molecule has 0 fully saturated rings. The van der Waals surface area contributed by atoms with E-state index >= 15 is 0 Å². The number of halogens is 1. The van der Waals surface area contributed by atoms with Crippen LogP contribution in [0, 0.1) is 0 Å². The Morgan fingerprint density at radius 1 is 1.55 bits per heavy atom. The zero-order chi connectivity index (χ0) is 15.2. The number of carbonyl (C=O) groups excluding carboxylic acids is 1. The van der Waals surface area contributed by atoms with Gasteiger partial charge in [0.25, 0.3) is 0 Å². The van der Waals surface area contributed by atoms with Crippen molar-refractivity contribution in [3.05, 3.63) is 23.1 Å². The van der Waals surface area contributed by atoms with Gasteiger partial charge in [0.05, 0.1) is 6.20 Å². The fourth-order valence-corrected chi connectivity index (χ4v) is 1.42. The van der Waals surface area contributed by atoms with Crippen molar-refractivity contribution in [1.82, 2.24) is 15.3 Å². The normalized spacial score (nSPS) is 11.6. The lowest BCUT2D eigenvalue weighted by molar-refractivity contribution is 0.0529. The molecular formula is C13H19ClN4O2. The minimum atomic E-state index is -0.495. The van der Waals surface area contributed by atoms with E-state index in [-0.39, 0.29) is 5.15 Å². The highest BCUT2D eigenvalue weighted by molar-refractivity contribution is 6.29. The largest absolute Gasteiger partial charge is 0.444 e. The molecule has 0 spiro atoms. The molecule has 0 aromatic carbocycles. The number of nitrogens with one attached hydrogen (secondary N) is 1. The Morgan fingerprint density at radius 3 is 2.90 bits per heavy atom. The van der Waals surface area contributed by atoms with Crippen LogP contribution in [0.5, 0.6) is 0 Å². The van der Waals surface area contributed by atoms with E-state index in [1.165, 1.54) is 6.20 Å². The predicted molar refractivity (Wildman–Crippen MR) is 79.3 cm³/mol. The Morgan fingerprint density at radius 2 is 2.25 bits per heavy atom. The van der Waals surface area contributed by atoms with Crippen LogP contribution in [0.15, 0.2) is 12.3 Å². The Hall–Kier alpha value is -1.82. The molecule has 1 heterocycles. The second-order valence-electron chi connectivity index (χ2n) is 5.08. The third-order valence-electron chi connectivity index (χ3n) is 2.05. The van der Waals surface area contributed by atoms with E-state index in [0.29, 0.717) is 24.5 Å². The summed E-state index contributed by atoms with van der Waals surface area (Å²) in [5.41, 5.74) is 5.66. The maximum absolute atomic E-state index is 11.4. The SMILES string of the molecule is CC(C)(C)OC(=O)NCCC=Cc1nc(Cl)cnc1N. The molecule has 1 rings (SSSR count). The second-order valence-corrected chi connectivity index (χ2v) is 5.47. The van der Waals surface area contributed by atoms with Gasteiger partial charge >= 0.3 is 6.09 Å². The molecular weight excluding hydrogens is 280 g/mol. The third kappa shape index (κ3) is 6.38. The number of anilines is 1. The van der Waals surface area contributed by atoms with E-state index in [4.69, 9.17) is 22.1 Å². The molecule has 0 atom stereocenters. The number of alkyl carbamates (subject to hydrolysis) is 1. The van der Waals surface area contributed by atoms with E-state index in [0.717, 1.165) is 0 Å². The summed E-state index contributed by atoms with van der Waals surface area (Å²) in [6.07, 6.45) is 5.11. The number of amides is 1. The second kappa shape index (κ2) is 7.09. The Bertz CT molecular complexity index is 498. The van der Waals surface area contributed by atoms with Crippen LogP contribution < -0.4 is 11.1 Å².